The number of methoxy groups -OCH3 is 2. The molecule has 9 nitrogen and oxygen atoms in total. The van der Waals surface area contributed by atoms with Crippen molar-refractivity contribution in [2.24, 2.45) is 4.99 Å². The van der Waals surface area contributed by atoms with Crippen LogP contribution in [-0.2, 0) is 27.5 Å². The summed E-state index contributed by atoms with van der Waals surface area (Å²) in [5.74, 6) is 0.451. The van der Waals surface area contributed by atoms with Crippen LogP contribution in [0.15, 0.2) is 100 Å². The largest absolute Gasteiger partial charge is 0.493 e. The molecule has 0 fully saturated rings. The number of aromatic nitrogens is 1. The highest BCUT2D eigenvalue weighted by Gasteiger charge is 2.41. The van der Waals surface area contributed by atoms with Crippen LogP contribution in [0.3, 0.4) is 0 Å². The van der Waals surface area contributed by atoms with Crippen LogP contribution in [0.5, 0.6) is 11.5 Å². The third-order valence-electron chi connectivity index (χ3n) is 6.70. The Morgan fingerprint density at radius 1 is 1.02 bits per heavy atom. The van der Waals surface area contributed by atoms with Gasteiger partial charge in [-0.1, -0.05) is 54.2 Å². The summed E-state index contributed by atoms with van der Waals surface area (Å²) in [5.41, 5.74) is 4.37. The number of thioether (sulfide) groups is 1. The number of ether oxygens (including phenoxy) is 3. The molecule has 41 heavy (non-hydrogen) atoms. The topological polar surface area (TPSA) is 102 Å². The number of benzene rings is 2. The number of pyridine rings is 1. The van der Waals surface area contributed by atoms with Crippen molar-refractivity contribution >= 4 is 28.8 Å². The van der Waals surface area contributed by atoms with Gasteiger partial charge in [-0.2, -0.15) is 0 Å². The molecule has 1 N–H and O–H groups in total. The van der Waals surface area contributed by atoms with Crippen molar-refractivity contribution in [2.45, 2.75) is 32.5 Å². The lowest BCUT2D eigenvalue weighted by Gasteiger charge is -2.36. The average molecular weight is 571 g/mol. The van der Waals surface area contributed by atoms with Gasteiger partial charge in [-0.3, -0.25) is 9.78 Å². The van der Waals surface area contributed by atoms with Crippen LogP contribution in [0.4, 0.5) is 0 Å². The highest BCUT2D eigenvalue weighted by molar-refractivity contribution is 8.16. The van der Waals surface area contributed by atoms with Crippen LogP contribution in [0, 0.1) is 0 Å². The monoisotopic (exact) mass is 570 g/mol. The van der Waals surface area contributed by atoms with E-state index in [1.165, 1.54) is 18.9 Å². The molecule has 0 spiro atoms. The molecule has 0 unspecified atom stereocenters. The number of amides is 1. The van der Waals surface area contributed by atoms with E-state index in [-0.39, 0.29) is 12.3 Å². The Balaban J connectivity index is 1.42. The molecule has 0 saturated heterocycles. The van der Waals surface area contributed by atoms with Gasteiger partial charge in [0, 0.05) is 24.6 Å². The van der Waals surface area contributed by atoms with E-state index < -0.39 is 12.0 Å². The zero-order chi connectivity index (χ0) is 28.8. The van der Waals surface area contributed by atoms with Crippen molar-refractivity contribution in [2.75, 3.05) is 14.2 Å². The molecule has 10 heteroatoms. The van der Waals surface area contributed by atoms with Gasteiger partial charge < -0.3 is 24.4 Å². The Labute approximate surface area is 242 Å². The van der Waals surface area contributed by atoms with Gasteiger partial charge in [0.2, 0.25) is 5.91 Å². The molecular formula is C31H30N4O5S. The van der Waals surface area contributed by atoms with Gasteiger partial charge in [-0.05, 0) is 47.2 Å². The highest BCUT2D eigenvalue weighted by atomic mass is 32.2. The molecule has 3 aromatic rings. The van der Waals surface area contributed by atoms with Crippen LogP contribution < -0.4 is 14.8 Å². The second-order valence-corrected chi connectivity index (χ2v) is 10.2. The number of allylic oxidation sites excluding steroid dienone is 1. The van der Waals surface area contributed by atoms with Crippen LogP contribution in [0.1, 0.15) is 36.1 Å². The minimum atomic E-state index is -0.584. The molecule has 2 aliphatic heterocycles. The number of aliphatic imine (C=N–C) groups is 1. The molecule has 2 aromatic carbocycles. The molecule has 210 valence electrons. The third kappa shape index (κ3) is 6.28. The summed E-state index contributed by atoms with van der Waals surface area (Å²) >= 11 is 1.41. The minimum Gasteiger partial charge on any atom is -0.493 e. The van der Waals surface area contributed by atoms with Crippen LogP contribution in [-0.4, -0.2) is 41.1 Å². The Hall–Kier alpha value is -4.57. The molecule has 1 aromatic heterocycles. The van der Waals surface area contributed by atoms with Crippen molar-refractivity contribution in [3.8, 4) is 11.5 Å². The Morgan fingerprint density at radius 2 is 1.83 bits per heavy atom. The fourth-order valence-corrected chi connectivity index (χ4v) is 5.66. The van der Waals surface area contributed by atoms with Crippen LogP contribution in [0.25, 0.3) is 0 Å². The quantitative estimate of drug-likeness (QED) is 0.335. The van der Waals surface area contributed by atoms with E-state index in [1.54, 1.807) is 26.4 Å². The summed E-state index contributed by atoms with van der Waals surface area (Å²) in [6.07, 6.45) is 3.51. The minimum absolute atomic E-state index is 0.103. The third-order valence-corrected chi connectivity index (χ3v) is 7.59. The van der Waals surface area contributed by atoms with Gasteiger partial charge in [0.05, 0.1) is 38.0 Å². The summed E-state index contributed by atoms with van der Waals surface area (Å²) < 4.78 is 16.9. The Bertz CT molecular complexity index is 1520. The van der Waals surface area contributed by atoms with Crippen LogP contribution >= 0.6 is 11.8 Å². The lowest BCUT2D eigenvalue weighted by Crippen LogP contribution is -2.37. The second kappa shape index (κ2) is 12.7. The van der Waals surface area contributed by atoms with E-state index in [1.807, 2.05) is 71.0 Å². The molecule has 2 aliphatic rings. The first-order valence-electron chi connectivity index (χ1n) is 13.0. The zero-order valence-electron chi connectivity index (χ0n) is 23.0. The maximum absolute atomic E-state index is 13.1. The fourth-order valence-electron chi connectivity index (χ4n) is 4.70. The summed E-state index contributed by atoms with van der Waals surface area (Å²) in [4.78, 5) is 36.7. The van der Waals surface area contributed by atoms with Gasteiger partial charge in [0.1, 0.15) is 6.61 Å². The van der Waals surface area contributed by atoms with Gasteiger partial charge in [0.25, 0.3) is 0 Å². The Kier molecular flexibility index (Phi) is 8.69. The van der Waals surface area contributed by atoms with Gasteiger partial charge in [-0.15, -0.1) is 0 Å². The number of nitrogens with zero attached hydrogens (tertiary/aromatic N) is 3. The fraction of sp³-hybridized carbons (Fsp3) is 0.226. The zero-order valence-corrected chi connectivity index (χ0v) is 23.8. The predicted molar refractivity (Wildman–Crippen MR) is 157 cm³/mol. The number of carbonyl (C=O) groups is 2. The van der Waals surface area contributed by atoms with E-state index in [0.717, 1.165) is 22.4 Å². The predicted octanol–water partition coefficient (Wildman–Crippen LogP) is 5.12. The number of nitrogens with one attached hydrogen (secondary N) is 1. The van der Waals surface area contributed by atoms with Crippen LogP contribution in [0.2, 0.25) is 0 Å². The van der Waals surface area contributed by atoms with E-state index >= 15 is 0 Å². The number of hydrogen-bond acceptors (Lipinski definition) is 9. The standard InChI is InChI=1S/C31H30N4O5S/c1-20-28(30(37)39-3)29(23-11-12-25(26(14-23)38-2)40-18-21-8-5-4-6-9-21)35-24(19-41-31(35)34-20)15-27(36)33-17-22-10-7-13-32-16-22/h4-14,16,19,29H,15,17-18H2,1-3H3,(H,33,36)/t29-/m0/s1. The average Bonchev–Trinajstić information content (AvgIpc) is 3.40. The SMILES string of the molecule is COC(=O)C1=C(C)N=C2SC=C(CC(=O)NCc3cccnc3)N2[C@H]1c1ccc(OCc2ccccc2)c(OC)c1. The van der Waals surface area contributed by atoms with Crippen molar-refractivity contribution in [3.63, 3.8) is 0 Å². The molecule has 5 rings (SSSR count). The number of rotatable bonds is 10. The number of hydrogen-bond donors (Lipinski definition) is 1. The highest BCUT2D eigenvalue weighted by Crippen LogP contribution is 2.46. The van der Waals surface area contributed by atoms with E-state index in [9.17, 15) is 9.59 Å². The van der Waals surface area contributed by atoms with E-state index in [2.05, 4.69) is 15.3 Å². The van der Waals surface area contributed by atoms with Crippen molar-refractivity contribution in [3.05, 3.63) is 112 Å². The second-order valence-electron chi connectivity index (χ2n) is 9.38. The first-order valence-corrected chi connectivity index (χ1v) is 13.9. The smallest absolute Gasteiger partial charge is 0.338 e. The van der Waals surface area contributed by atoms with Crippen molar-refractivity contribution in [1.82, 2.24) is 15.2 Å². The molecular weight excluding hydrogens is 540 g/mol. The molecule has 0 bridgehead atoms. The summed E-state index contributed by atoms with van der Waals surface area (Å²) in [5, 5.41) is 5.53. The number of carbonyl (C=O) groups excluding carboxylic acids is 2. The molecule has 0 saturated carbocycles. The first kappa shape index (κ1) is 28.0. The first-order chi connectivity index (χ1) is 20.0. The molecule has 1 amide bonds. The maximum atomic E-state index is 13.1. The Morgan fingerprint density at radius 3 is 2.56 bits per heavy atom. The summed E-state index contributed by atoms with van der Waals surface area (Å²) in [6, 6.07) is 18.6. The molecule has 0 aliphatic carbocycles. The number of fused-ring (bicyclic) bond motifs is 1. The van der Waals surface area contributed by atoms with Crippen molar-refractivity contribution in [1.29, 1.82) is 0 Å². The summed E-state index contributed by atoms with van der Waals surface area (Å²) in [7, 11) is 2.93. The van der Waals surface area contributed by atoms with E-state index in [4.69, 9.17) is 14.2 Å². The lowest BCUT2D eigenvalue weighted by molar-refractivity contribution is -0.136. The molecule has 0 radical (unpaired) electrons. The summed E-state index contributed by atoms with van der Waals surface area (Å²) in [6.45, 7) is 2.54. The van der Waals surface area contributed by atoms with Gasteiger partial charge in [-0.25, -0.2) is 9.79 Å². The van der Waals surface area contributed by atoms with E-state index in [0.29, 0.717) is 41.1 Å². The lowest BCUT2D eigenvalue weighted by atomic mass is 9.93. The van der Waals surface area contributed by atoms with Gasteiger partial charge >= 0.3 is 5.97 Å². The number of amidine groups is 1. The van der Waals surface area contributed by atoms with Crippen molar-refractivity contribution < 1.29 is 23.8 Å². The maximum Gasteiger partial charge on any atom is 0.338 e. The normalized spacial score (nSPS) is 16.0. The molecule has 1 atom stereocenters. The number of esters is 1. The molecule has 3 heterocycles. The van der Waals surface area contributed by atoms with Gasteiger partial charge in [0.15, 0.2) is 16.7 Å².